The topological polar surface area (TPSA) is 91.4 Å². The first kappa shape index (κ1) is 28.6. The normalized spacial score (nSPS) is 19.0. The predicted molar refractivity (Wildman–Crippen MR) is 165 cm³/mol. The quantitative estimate of drug-likeness (QED) is 0.257. The summed E-state index contributed by atoms with van der Waals surface area (Å²) < 4.78 is 22.8. The van der Waals surface area contributed by atoms with Gasteiger partial charge < -0.3 is 23.8 Å². The van der Waals surface area contributed by atoms with E-state index < -0.39 is 29.6 Å². The second kappa shape index (κ2) is 11.7. The number of carbonyl (C=O) groups is 3. The molecule has 0 amide bonds. The van der Waals surface area contributed by atoms with Crippen molar-refractivity contribution in [3.8, 4) is 16.9 Å². The number of hydrogen-bond donors (Lipinski definition) is 0. The van der Waals surface area contributed by atoms with Crippen LogP contribution in [0.25, 0.3) is 17.2 Å². The van der Waals surface area contributed by atoms with E-state index in [4.69, 9.17) is 18.9 Å². The van der Waals surface area contributed by atoms with E-state index in [0.717, 1.165) is 5.56 Å². The minimum absolute atomic E-state index is 0.180. The van der Waals surface area contributed by atoms with Crippen molar-refractivity contribution in [3.05, 3.63) is 137 Å². The Bertz CT molecular complexity index is 1810. The highest BCUT2D eigenvalue weighted by atomic mass is 16.6. The van der Waals surface area contributed by atoms with Crippen molar-refractivity contribution in [3.63, 3.8) is 0 Å². The number of ketones is 1. The molecule has 2 atom stereocenters. The summed E-state index contributed by atoms with van der Waals surface area (Å²) in [5.41, 5.74) is 0.997. The van der Waals surface area contributed by atoms with Gasteiger partial charge in [-0.3, -0.25) is 4.79 Å². The molecule has 0 N–H and O–H groups in total. The van der Waals surface area contributed by atoms with Crippen molar-refractivity contribution in [2.75, 3.05) is 26.2 Å². The minimum Gasteiger partial charge on any atom is -0.497 e. The molecule has 0 saturated heterocycles. The molecule has 0 radical (unpaired) electrons. The van der Waals surface area contributed by atoms with Crippen LogP contribution in [0.15, 0.2) is 120 Å². The van der Waals surface area contributed by atoms with Crippen LogP contribution in [0, 0.1) is 0 Å². The molecule has 4 aromatic rings. The molecule has 1 unspecified atom stereocenters. The summed E-state index contributed by atoms with van der Waals surface area (Å²) in [6.07, 6.45) is 2.52. The van der Waals surface area contributed by atoms with E-state index in [1.165, 1.54) is 14.2 Å². The first-order valence-corrected chi connectivity index (χ1v) is 13.9. The number of ether oxygens (including phenoxy) is 4. The molecule has 6 rings (SSSR count). The van der Waals surface area contributed by atoms with E-state index in [1.807, 2.05) is 60.7 Å². The van der Waals surface area contributed by atoms with Crippen LogP contribution >= 0.6 is 0 Å². The van der Waals surface area contributed by atoms with E-state index in [2.05, 4.69) is 0 Å². The van der Waals surface area contributed by atoms with Gasteiger partial charge in [0.25, 0.3) is 0 Å². The van der Waals surface area contributed by atoms with Gasteiger partial charge in [0.1, 0.15) is 17.0 Å². The van der Waals surface area contributed by atoms with Crippen molar-refractivity contribution in [1.29, 1.82) is 0 Å². The molecule has 4 aromatic carbocycles. The molecule has 1 aliphatic carbocycles. The zero-order valence-corrected chi connectivity index (χ0v) is 24.4. The lowest BCUT2D eigenvalue weighted by atomic mass is 9.69. The third-order valence-corrected chi connectivity index (χ3v) is 7.84. The summed E-state index contributed by atoms with van der Waals surface area (Å²) in [5, 5.41) is 0. The molecule has 0 fully saturated rings. The number of Topliss-reactive ketones (excluding diaryl/α,β-unsaturated/α-hetero) is 1. The first-order chi connectivity index (χ1) is 21.4. The maximum atomic E-state index is 14.8. The molecule has 1 spiro atoms. The Kier molecular flexibility index (Phi) is 7.59. The van der Waals surface area contributed by atoms with Crippen molar-refractivity contribution in [2.45, 2.75) is 11.8 Å². The minimum atomic E-state index is -2.05. The van der Waals surface area contributed by atoms with Gasteiger partial charge in [0.15, 0.2) is 11.8 Å². The molecule has 1 heterocycles. The fourth-order valence-corrected chi connectivity index (χ4v) is 5.87. The van der Waals surface area contributed by atoms with Gasteiger partial charge in [-0.1, -0.05) is 84.9 Å². The lowest BCUT2D eigenvalue weighted by Gasteiger charge is -2.48. The number of fused-ring (bicyclic) bond motifs is 4. The van der Waals surface area contributed by atoms with Gasteiger partial charge in [0, 0.05) is 16.8 Å². The zero-order valence-electron chi connectivity index (χ0n) is 24.4. The van der Waals surface area contributed by atoms with Crippen LogP contribution in [0.2, 0.25) is 0 Å². The number of nitrogens with zero attached hydrogens (tertiary/aromatic N) is 1. The average molecular weight is 588 g/mol. The summed E-state index contributed by atoms with van der Waals surface area (Å²) in [6, 6.07) is 30.8. The Morgan fingerprint density at radius 2 is 1.36 bits per heavy atom. The fourth-order valence-electron chi connectivity index (χ4n) is 5.87. The van der Waals surface area contributed by atoms with Gasteiger partial charge in [0.2, 0.25) is 5.78 Å². The molecule has 0 aromatic heterocycles. The van der Waals surface area contributed by atoms with E-state index >= 15 is 0 Å². The molecule has 44 heavy (non-hydrogen) atoms. The second-order valence-corrected chi connectivity index (χ2v) is 10.2. The molecule has 2 aliphatic rings. The number of methoxy groups -OCH3 is 3. The van der Waals surface area contributed by atoms with Crippen molar-refractivity contribution in [1.82, 2.24) is 0 Å². The van der Waals surface area contributed by atoms with Crippen LogP contribution in [-0.2, 0) is 29.4 Å². The summed E-state index contributed by atoms with van der Waals surface area (Å²) >= 11 is 0. The average Bonchev–Trinajstić information content (AvgIpc) is 3.09. The molecule has 8 heteroatoms. The highest BCUT2D eigenvalue weighted by Gasteiger charge is 2.60. The van der Waals surface area contributed by atoms with Crippen LogP contribution in [0.3, 0.4) is 0 Å². The SMILES string of the molecule is COC(=O)C1=C(C(=O)OC)[C@@]2(OC(/C=C/c3ccccc3)N1c1ccc(OC)cc1)C(=O)c1ccccc1-c1ccccc12. The van der Waals surface area contributed by atoms with E-state index in [0.29, 0.717) is 33.7 Å². The summed E-state index contributed by atoms with van der Waals surface area (Å²) in [5.74, 6) is -1.66. The third-order valence-electron chi connectivity index (χ3n) is 7.84. The van der Waals surface area contributed by atoms with Crippen molar-refractivity contribution in [2.24, 2.45) is 0 Å². The van der Waals surface area contributed by atoms with Crippen LogP contribution in [-0.4, -0.2) is 45.3 Å². The molecule has 0 bridgehead atoms. The van der Waals surface area contributed by atoms with Gasteiger partial charge in [0.05, 0.1) is 21.3 Å². The Hall–Kier alpha value is -5.47. The van der Waals surface area contributed by atoms with Crippen LogP contribution in [0.5, 0.6) is 5.75 Å². The monoisotopic (exact) mass is 587 g/mol. The van der Waals surface area contributed by atoms with Crippen LogP contribution < -0.4 is 9.64 Å². The van der Waals surface area contributed by atoms with Crippen molar-refractivity contribution < 1.29 is 33.3 Å². The smallest absolute Gasteiger partial charge is 0.355 e. The van der Waals surface area contributed by atoms with Gasteiger partial charge in [-0.25, -0.2) is 9.59 Å². The number of hydrogen-bond acceptors (Lipinski definition) is 8. The zero-order chi connectivity index (χ0) is 30.8. The van der Waals surface area contributed by atoms with E-state index in [-0.39, 0.29) is 11.3 Å². The van der Waals surface area contributed by atoms with E-state index in [1.54, 1.807) is 66.6 Å². The van der Waals surface area contributed by atoms with Gasteiger partial charge >= 0.3 is 11.9 Å². The number of rotatable bonds is 6. The lowest BCUT2D eigenvalue weighted by molar-refractivity contribution is -0.145. The summed E-state index contributed by atoms with van der Waals surface area (Å²) in [7, 11) is 3.97. The molecule has 220 valence electrons. The molecule has 1 aliphatic heterocycles. The Morgan fingerprint density at radius 1 is 0.750 bits per heavy atom. The molecule has 0 saturated carbocycles. The largest absolute Gasteiger partial charge is 0.497 e. The Labute approximate surface area is 254 Å². The molecular weight excluding hydrogens is 558 g/mol. The highest BCUT2D eigenvalue weighted by Crippen LogP contribution is 2.53. The predicted octanol–water partition coefficient (Wildman–Crippen LogP) is 5.93. The number of esters is 2. The summed E-state index contributed by atoms with van der Waals surface area (Å²) in [6.45, 7) is 0. The number of benzene rings is 4. The number of anilines is 1. The Balaban J connectivity index is 1.71. The maximum Gasteiger partial charge on any atom is 0.355 e. The van der Waals surface area contributed by atoms with Gasteiger partial charge in [-0.05, 0) is 47.0 Å². The second-order valence-electron chi connectivity index (χ2n) is 10.2. The van der Waals surface area contributed by atoms with Gasteiger partial charge in [-0.2, -0.15) is 0 Å². The first-order valence-electron chi connectivity index (χ1n) is 13.9. The van der Waals surface area contributed by atoms with Crippen LogP contribution in [0.1, 0.15) is 21.5 Å². The molecular formula is C36H29NO7. The molecule has 8 nitrogen and oxygen atoms in total. The standard InChI is InChI=1S/C36H29NO7/c1-41-25-20-18-24(19-21-25)37-30(22-17-23-11-5-4-6-12-23)44-36(31(34(39)42-2)32(37)35(40)43-3)29-16-10-9-14-27(29)26-13-7-8-15-28(26)33(36)38/h4-22,30H,1-3H3/b22-17+/t30?,36-/m1/s1. The van der Waals surface area contributed by atoms with E-state index in [9.17, 15) is 14.4 Å². The maximum absolute atomic E-state index is 14.8. The highest BCUT2D eigenvalue weighted by molar-refractivity contribution is 6.20. The van der Waals surface area contributed by atoms with Crippen LogP contribution in [0.4, 0.5) is 5.69 Å². The lowest BCUT2D eigenvalue weighted by Crippen LogP contribution is -2.57. The van der Waals surface area contributed by atoms with Gasteiger partial charge in [-0.15, -0.1) is 0 Å². The fraction of sp³-hybridized carbons (Fsp3) is 0.139. The third kappa shape index (κ3) is 4.56. The van der Waals surface area contributed by atoms with Crippen molar-refractivity contribution >= 4 is 29.5 Å². The number of carbonyl (C=O) groups excluding carboxylic acids is 3. The summed E-state index contributed by atoms with van der Waals surface area (Å²) in [4.78, 5) is 44.1. The Morgan fingerprint density at radius 3 is 2.02 bits per heavy atom.